The Morgan fingerprint density at radius 2 is 2.00 bits per heavy atom. The second-order valence-corrected chi connectivity index (χ2v) is 7.77. The van der Waals surface area contributed by atoms with E-state index in [0.717, 1.165) is 64.2 Å². The predicted octanol–water partition coefficient (Wildman–Crippen LogP) is 1.49. The minimum atomic E-state index is 0.0776. The average Bonchev–Trinajstić information content (AvgIpc) is 3.05. The van der Waals surface area contributed by atoms with Crippen molar-refractivity contribution in [1.82, 2.24) is 19.8 Å². The summed E-state index contributed by atoms with van der Waals surface area (Å²) in [5.74, 6) is 1.46. The molecule has 3 heterocycles. The van der Waals surface area contributed by atoms with E-state index in [1.54, 1.807) is 6.33 Å². The Morgan fingerprint density at radius 1 is 1.12 bits per heavy atom. The van der Waals surface area contributed by atoms with Crippen molar-refractivity contribution >= 4 is 11.7 Å². The highest BCUT2D eigenvalue weighted by atomic mass is 16.2. The molecule has 6 nitrogen and oxygen atoms in total. The van der Waals surface area contributed by atoms with E-state index in [1.165, 1.54) is 17.7 Å². The quantitative estimate of drug-likeness (QED) is 0.814. The van der Waals surface area contributed by atoms with Gasteiger partial charge >= 0.3 is 0 Å². The number of aryl methyl sites for hydroxylation is 1. The van der Waals surface area contributed by atoms with Gasteiger partial charge in [-0.2, -0.15) is 0 Å². The number of nitrogens with zero attached hydrogens (tertiary/aromatic N) is 5. The lowest BCUT2D eigenvalue weighted by molar-refractivity contribution is -0.130. The first-order chi connectivity index (χ1) is 12.1. The number of rotatable bonds is 2. The standard InChI is InChI=1S/C19H29N5O/c1-3-23-10-9-19(8-7-17(23)25)13-24(12-11-22(19)2)18-15-5-4-6-16(15)20-14-21-18/h14H,3-13H2,1-2H3. The van der Waals surface area contributed by atoms with Gasteiger partial charge in [-0.1, -0.05) is 0 Å². The molecule has 6 heteroatoms. The second kappa shape index (κ2) is 6.56. The van der Waals surface area contributed by atoms with Crippen LogP contribution in [-0.2, 0) is 17.6 Å². The Bertz CT molecular complexity index is 663. The summed E-state index contributed by atoms with van der Waals surface area (Å²) in [5.41, 5.74) is 2.68. The molecule has 2 saturated heterocycles. The van der Waals surface area contributed by atoms with Gasteiger partial charge < -0.3 is 9.80 Å². The fraction of sp³-hybridized carbons (Fsp3) is 0.737. The summed E-state index contributed by atoms with van der Waals surface area (Å²) >= 11 is 0. The molecule has 1 spiro atoms. The van der Waals surface area contributed by atoms with Crippen molar-refractivity contribution in [3.63, 3.8) is 0 Å². The van der Waals surface area contributed by atoms with Gasteiger partial charge in [-0.05, 0) is 46.1 Å². The number of piperazine rings is 1. The van der Waals surface area contributed by atoms with Crippen molar-refractivity contribution in [2.45, 2.75) is 51.0 Å². The summed E-state index contributed by atoms with van der Waals surface area (Å²) in [6, 6.07) is 0. The molecule has 0 saturated carbocycles. The Hall–Kier alpha value is -1.69. The molecule has 1 aromatic heterocycles. The van der Waals surface area contributed by atoms with Crippen LogP contribution in [0.5, 0.6) is 0 Å². The fourth-order valence-corrected chi connectivity index (χ4v) is 4.82. The highest BCUT2D eigenvalue weighted by Gasteiger charge is 2.43. The van der Waals surface area contributed by atoms with Crippen molar-refractivity contribution in [3.05, 3.63) is 17.6 Å². The molecule has 4 rings (SSSR count). The van der Waals surface area contributed by atoms with Crippen molar-refractivity contribution in [1.29, 1.82) is 0 Å². The molecule has 1 unspecified atom stereocenters. The van der Waals surface area contributed by atoms with Gasteiger partial charge in [0, 0.05) is 55.9 Å². The number of carbonyl (C=O) groups is 1. The van der Waals surface area contributed by atoms with E-state index in [1.807, 2.05) is 4.90 Å². The molecule has 0 bridgehead atoms. The van der Waals surface area contributed by atoms with Gasteiger partial charge in [0.05, 0.1) is 0 Å². The van der Waals surface area contributed by atoms with E-state index < -0.39 is 0 Å². The molecule has 1 amide bonds. The number of amides is 1. The summed E-state index contributed by atoms with van der Waals surface area (Å²) in [5, 5.41) is 0. The van der Waals surface area contributed by atoms with E-state index in [4.69, 9.17) is 0 Å². The van der Waals surface area contributed by atoms with Crippen LogP contribution < -0.4 is 4.90 Å². The highest BCUT2D eigenvalue weighted by Crippen LogP contribution is 2.36. The number of hydrogen-bond acceptors (Lipinski definition) is 5. The smallest absolute Gasteiger partial charge is 0.222 e. The van der Waals surface area contributed by atoms with Crippen LogP contribution in [0.3, 0.4) is 0 Å². The van der Waals surface area contributed by atoms with Crippen LogP contribution >= 0.6 is 0 Å². The summed E-state index contributed by atoms with van der Waals surface area (Å²) in [6.07, 6.45) is 7.78. The highest BCUT2D eigenvalue weighted by molar-refractivity contribution is 5.76. The van der Waals surface area contributed by atoms with E-state index >= 15 is 0 Å². The maximum Gasteiger partial charge on any atom is 0.222 e. The predicted molar refractivity (Wildman–Crippen MR) is 97.7 cm³/mol. The monoisotopic (exact) mass is 343 g/mol. The molecular formula is C19H29N5O. The van der Waals surface area contributed by atoms with Gasteiger partial charge in [0.1, 0.15) is 12.1 Å². The molecule has 3 aliphatic rings. The summed E-state index contributed by atoms with van der Waals surface area (Å²) in [7, 11) is 2.23. The van der Waals surface area contributed by atoms with Crippen molar-refractivity contribution in [2.75, 3.05) is 44.7 Å². The Labute approximate surface area is 150 Å². The Kier molecular flexibility index (Phi) is 4.40. The van der Waals surface area contributed by atoms with Crippen LogP contribution in [0.2, 0.25) is 0 Å². The third kappa shape index (κ3) is 2.90. The maximum atomic E-state index is 12.4. The molecule has 136 valence electrons. The van der Waals surface area contributed by atoms with Crippen molar-refractivity contribution in [2.24, 2.45) is 0 Å². The number of likely N-dealkylation sites (N-methyl/N-ethyl adjacent to an activating group) is 1. The van der Waals surface area contributed by atoms with E-state index in [-0.39, 0.29) is 5.54 Å². The lowest BCUT2D eigenvalue weighted by Gasteiger charge is -2.50. The zero-order chi connectivity index (χ0) is 17.4. The minimum Gasteiger partial charge on any atom is -0.353 e. The molecule has 2 fully saturated rings. The molecule has 2 aliphatic heterocycles. The molecule has 25 heavy (non-hydrogen) atoms. The molecule has 0 N–H and O–H groups in total. The third-order valence-corrected chi connectivity index (χ3v) is 6.54. The Morgan fingerprint density at radius 3 is 2.84 bits per heavy atom. The van der Waals surface area contributed by atoms with Gasteiger partial charge in [0.15, 0.2) is 0 Å². The maximum absolute atomic E-state index is 12.4. The van der Waals surface area contributed by atoms with E-state index in [2.05, 4.69) is 33.7 Å². The van der Waals surface area contributed by atoms with E-state index in [9.17, 15) is 4.79 Å². The molecule has 1 aromatic rings. The second-order valence-electron chi connectivity index (χ2n) is 7.77. The normalized spacial score (nSPS) is 27.7. The molecule has 1 aliphatic carbocycles. The lowest BCUT2D eigenvalue weighted by atomic mass is 9.86. The zero-order valence-electron chi connectivity index (χ0n) is 15.5. The van der Waals surface area contributed by atoms with Crippen LogP contribution in [0, 0.1) is 0 Å². The molecule has 0 radical (unpaired) electrons. The largest absolute Gasteiger partial charge is 0.353 e. The van der Waals surface area contributed by atoms with Gasteiger partial charge in [-0.3, -0.25) is 9.69 Å². The summed E-state index contributed by atoms with van der Waals surface area (Å²) in [6.45, 7) is 6.78. The first-order valence-corrected chi connectivity index (χ1v) is 9.70. The molecular weight excluding hydrogens is 314 g/mol. The summed E-state index contributed by atoms with van der Waals surface area (Å²) < 4.78 is 0. The number of carbonyl (C=O) groups excluding carboxylic acids is 1. The first-order valence-electron chi connectivity index (χ1n) is 9.70. The van der Waals surface area contributed by atoms with Gasteiger partial charge in [-0.25, -0.2) is 9.97 Å². The van der Waals surface area contributed by atoms with E-state index in [0.29, 0.717) is 12.3 Å². The van der Waals surface area contributed by atoms with Gasteiger partial charge in [0.25, 0.3) is 0 Å². The SMILES string of the molecule is CCN1CCC2(CCC1=O)CN(c1ncnc3c1CCC3)CCN2C. The van der Waals surface area contributed by atoms with Crippen LogP contribution in [0.1, 0.15) is 43.9 Å². The van der Waals surface area contributed by atoms with Gasteiger partial charge in [-0.15, -0.1) is 0 Å². The molecule has 0 aromatic carbocycles. The first kappa shape index (κ1) is 16.8. The number of fused-ring (bicyclic) bond motifs is 1. The fourth-order valence-electron chi connectivity index (χ4n) is 4.82. The number of likely N-dealkylation sites (tertiary alicyclic amines) is 1. The lowest BCUT2D eigenvalue weighted by Crippen LogP contribution is -2.61. The van der Waals surface area contributed by atoms with Crippen LogP contribution in [0.4, 0.5) is 5.82 Å². The van der Waals surface area contributed by atoms with Crippen LogP contribution in [0.25, 0.3) is 0 Å². The summed E-state index contributed by atoms with van der Waals surface area (Å²) in [4.78, 5) is 28.5. The third-order valence-electron chi connectivity index (χ3n) is 6.54. The van der Waals surface area contributed by atoms with Gasteiger partial charge in [0.2, 0.25) is 5.91 Å². The van der Waals surface area contributed by atoms with Crippen molar-refractivity contribution < 1.29 is 4.79 Å². The molecule has 1 atom stereocenters. The number of hydrogen-bond donors (Lipinski definition) is 0. The van der Waals surface area contributed by atoms with Crippen molar-refractivity contribution in [3.8, 4) is 0 Å². The Balaban J connectivity index is 1.60. The number of anilines is 1. The average molecular weight is 343 g/mol. The number of aromatic nitrogens is 2. The van der Waals surface area contributed by atoms with Crippen LogP contribution in [0.15, 0.2) is 6.33 Å². The minimum absolute atomic E-state index is 0.0776. The van der Waals surface area contributed by atoms with Crippen LogP contribution in [-0.4, -0.2) is 71.0 Å². The zero-order valence-corrected chi connectivity index (χ0v) is 15.5. The topological polar surface area (TPSA) is 52.6 Å².